The van der Waals surface area contributed by atoms with Gasteiger partial charge in [-0.1, -0.05) is 6.42 Å². The molecule has 0 aromatic carbocycles. The van der Waals surface area contributed by atoms with Crippen LogP contribution in [0.25, 0.3) is 0 Å². The average molecular weight is 183 g/mol. The molecule has 1 aliphatic heterocycles. The van der Waals surface area contributed by atoms with Gasteiger partial charge < -0.3 is 10.4 Å². The lowest BCUT2D eigenvalue weighted by molar-refractivity contribution is -0.143. The Morgan fingerprint density at radius 1 is 1.23 bits per heavy atom. The summed E-state index contributed by atoms with van der Waals surface area (Å²) in [6, 6.07) is 0.264. The molecule has 2 fully saturated rings. The van der Waals surface area contributed by atoms with Crippen molar-refractivity contribution in [1.82, 2.24) is 5.32 Å². The van der Waals surface area contributed by atoms with Crippen LogP contribution in [-0.4, -0.2) is 23.7 Å². The third-order valence-corrected chi connectivity index (χ3v) is 3.20. The molecule has 2 rings (SSSR count). The molecule has 0 unspecified atom stereocenters. The van der Waals surface area contributed by atoms with Gasteiger partial charge in [0.1, 0.15) is 0 Å². The lowest BCUT2D eigenvalue weighted by Gasteiger charge is -2.21. The second-order valence-corrected chi connectivity index (χ2v) is 4.26. The van der Waals surface area contributed by atoms with Crippen molar-refractivity contribution in [3.05, 3.63) is 0 Å². The molecule has 0 aromatic rings. The third kappa shape index (κ3) is 2.02. The Kier molecular flexibility index (Phi) is 2.54. The van der Waals surface area contributed by atoms with Crippen molar-refractivity contribution in [2.24, 2.45) is 11.8 Å². The first-order valence-electron chi connectivity index (χ1n) is 5.25. The summed E-state index contributed by atoms with van der Waals surface area (Å²) in [5.74, 6) is -0.0829. The van der Waals surface area contributed by atoms with E-state index >= 15 is 0 Å². The van der Waals surface area contributed by atoms with Crippen LogP contribution in [0.1, 0.15) is 32.1 Å². The molecular formula is C10H17NO2. The molecule has 0 amide bonds. The van der Waals surface area contributed by atoms with Crippen molar-refractivity contribution >= 4 is 5.97 Å². The second-order valence-electron chi connectivity index (χ2n) is 4.26. The minimum atomic E-state index is -0.605. The molecule has 3 nitrogen and oxygen atoms in total. The Morgan fingerprint density at radius 2 is 2.00 bits per heavy atom. The summed E-state index contributed by atoms with van der Waals surface area (Å²) >= 11 is 0. The van der Waals surface area contributed by atoms with Crippen molar-refractivity contribution < 1.29 is 9.90 Å². The third-order valence-electron chi connectivity index (χ3n) is 3.20. The molecule has 1 aliphatic carbocycles. The zero-order valence-corrected chi connectivity index (χ0v) is 7.83. The quantitative estimate of drug-likeness (QED) is 0.677. The van der Waals surface area contributed by atoms with Crippen LogP contribution in [0.15, 0.2) is 0 Å². The number of hydrogen-bond donors (Lipinski definition) is 2. The molecule has 0 aromatic heterocycles. The Balaban J connectivity index is 2.03. The number of carboxylic acids is 1. The monoisotopic (exact) mass is 183 g/mol. The summed E-state index contributed by atoms with van der Waals surface area (Å²) in [4.78, 5) is 11.0. The van der Waals surface area contributed by atoms with Gasteiger partial charge in [-0.3, -0.25) is 4.79 Å². The fourth-order valence-corrected chi connectivity index (χ4v) is 2.31. The van der Waals surface area contributed by atoms with Gasteiger partial charge in [0.2, 0.25) is 0 Å². The number of hydrogen-bond acceptors (Lipinski definition) is 2. The van der Waals surface area contributed by atoms with Crippen LogP contribution in [0.4, 0.5) is 0 Å². The zero-order chi connectivity index (χ0) is 9.26. The summed E-state index contributed by atoms with van der Waals surface area (Å²) in [6.07, 6.45) is 5.51. The lowest BCUT2D eigenvalue weighted by Crippen LogP contribution is -2.40. The molecule has 1 heterocycles. The highest BCUT2D eigenvalue weighted by atomic mass is 16.4. The number of carboxylic acid groups (broad SMARTS) is 1. The molecule has 1 saturated heterocycles. The van der Waals surface area contributed by atoms with Crippen LogP contribution in [0.2, 0.25) is 0 Å². The Hall–Kier alpha value is -0.570. The normalized spacial score (nSPS) is 35.4. The van der Waals surface area contributed by atoms with Gasteiger partial charge in [0.25, 0.3) is 0 Å². The van der Waals surface area contributed by atoms with Gasteiger partial charge in [0.15, 0.2) is 0 Å². The van der Waals surface area contributed by atoms with Gasteiger partial charge in [-0.05, 0) is 38.1 Å². The molecule has 3 heteroatoms. The molecule has 0 bridgehead atoms. The molecule has 13 heavy (non-hydrogen) atoms. The van der Waals surface area contributed by atoms with E-state index in [9.17, 15) is 4.79 Å². The van der Waals surface area contributed by atoms with E-state index in [-0.39, 0.29) is 12.0 Å². The fraction of sp³-hybridized carbons (Fsp3) is 0.900. The predicted molar refractivity (Wildman–Crippen MR) is 49.5 cm³/mol. The smallest absolute Gasteiger partial charge is 0.308 e. The predicted octanol–water partition coefficient (Wildman–Crippen LogP) is 1.24. The minimum absolute atomic E-state index is 0.130. The molecule has 2 N–H and O–H groups in total. The maximum Gasteiger partial charge on any atom is 0.308 e. The molecule has 0 spiro atoms. The number of aliphatic carboxylic acids is 1. The van der Waals surface area contributed by atoms with Gasteiger partial charge in [-0.15, -0.1) is 0 Å². The van der Waals surface area contributed by atoms with Crippen molar-refractivity contribution in [2.75, 3.05) is 6.54 Å². The first-order valence-corrected chi connectivity index (χ1v) is 5.25. The average Bonchev–Trinajstić information content (AvgIpc) is 2.91. The standard InChI is InChI=1S/C10H17NO2/c12-10(13)8-3-1-2-6-11-9(8)7-4-5-7/h7-9,11H,1-6H2,(H,12,13)/t8-,9+/m1/s1. The van der Waals surface area contributed by atoms with Crippen molar-refractivity contribution in [2.45, 2.75) is 38.1 Å². The molecule has 74 valence electrons. The highest BCUT2D eigenvalue weighted by Crippen LogP contribution is 2.38. The van der Waals surface area contributed by atoms with E-state index in [0.717, 1.165) is 25.8 Å². The number of rotatable bonds is 2. The zero-order valence-electron chi connectivity index (χ0n) is 7.83. The van der Waals surface area contributed by atoms with E-state index < -0.39 is 5.97 Å². The second kappa shape index (κ2) is 3.66. The van der Waals surface area contributed by atoms with E-state index in [0.29, 0.717) is 5.92 Å². The van der Waals surface area contributed by atoms with Gasteiger partial charge in [-0.2, -0.15) is 0 Å². The molecule has 1 saturated carbocycles. The fourth-order valence-electron chi connectivity index (χ4n) is 2.31. The summed E-state index contributed by atoms with van der Waals surface area (Å²) in [7, 11) is 0. The Bertz CT molecular complexity index is 201. The maximum absolute atomic E-state index is 11.0. The molecule has 2 aliphatic rings. The van der Waals surface area contributed by atoms with Crippen molar-refractivity contribution in [3.63, 3.8) is 0 Å². The number of nitrogens with one attached hydrogen (secondary N) is 1. The maximum atomic E-state index is 11.0. The van der Waals surface area contributed by atoms with E-state index in [1.807, 2.05) is 0 Å². The lowest BCUT2D eigenvalue weighted by atomic mass is 9.92. The van der Waals surface area contributed by atoms with E-state index in [4.69, 9.17) is 5.11 Å². The molecule has 2 atom stereocenters. The van der Waals surface area contributed by atoms with E-state index in [2.05, 4.69) is 5.32 Å². The van der Waals surface area contributed by atoms with Gasteiger partial charge in [-0.25, -0.2) is 0 Å². The summed E-state index contributed by atoms with van der Waals surface area (Å²) in [5.41, 5.74) is 0. The summed E-state index contributed by atoms with van der Waals surface area (Å²) < 4.78 is 0. The van der Waals surface area contributed by atoms with Crippen LogP contribution >= 0.6 is 0 Å². The van der Waals surface area contributed by atoms with E-state index in [1.54, 1.807) is 0 Å². The van der Waals surface area contributed by atoms with Crippen LogP contribution in [-0.2, 0) is 4.79 Å². The summed E-state index contributed by atoms with van der Waals surface area (Å²) in [5, 5.41) is 12.5. The SMILES string of the molecule is O=C(O)[C@@H]1CCCCN[C@H]1C1CC1. The molecular weight excluding hydrogens is 166 g/mol. The topological polar surface area (TPSA) is 49.3 Å². The highest BCUT2D eigenvalue weighted by molar-refractivity contribution is 5.71. The summed E-state index contributed by atoms with van der Waals surface area (Å²) in [6.45, 7) is 1.00. The van der Waals surface area contributed by atoms with Gasteiger partial charge in [0.05, 0.1) is 5.92 Å². The van der Waals surface area contributed by atoms with Crippen molar-refractivity contribution in [3.8, 4) is 0 Å². The largest absolute Gasteiger partial charge is 0.481 e. The van der Waals surface area contributed by atoms with Crippen molar-refractivity contribution in [1.29, 1.82) is 0 Å². The van der Waals surface area contributed by atoms with Crippen LogP contribution in [0.3, 0.4) is 0 Å². The van der Waals surface area contributed by atoms with Gasteiger partial charge in [0, 0.05) is 6.04 Å². The van der Waals surface area contributed by atoms with Gasteiger partial charge >= 0.3 is 5.97 Å². The van der Waals surface area contributed by atoms with Crippen LogP contribution < -0.4 is 5.32 Å². The number of carbonyl (C=O) groups is 1. The Labute approximate surface area is 78.5 Å². The first kappa shape index (κ1) is 9.00. The molecule has 0 radical (unpaired) electrons. The first-order chi connectivity index (χ1) is 6.29. The van der Waals surface area contributed by atoms with Crippen LogP contribution in [0.5, 0.6) is 0 Å². The Morgan fingerprint density at radius 3 is 2.62 bits per heavy atom. The van der Waals surface area contributed by atoms with E-state index in [1.165, 1.54) is 12.8 Å². The minimum Gasteiger partial charge on any atom is -0.481 e. The van der Waals surface area contributed by atoms with Crippen LogP contribution in [0, 0.1) is 11.8 Å². The highest BCUT2D eigenvalue weighted by Gasteiger charge is 2.39.